The second kappa shape index (κ2) is 6.89. The van der Waals surface area contributed by atoms with Crippen LogP contribution in [0.3, 0.4) is 0 Å². The van der Waals surface area contributed by atoms with Crippen LogP contribution in [0.4, 0.5) is 0 Å². The highest BCUT2D eigenvalue weighted by molar-refractivity contribution is 6.31. The molecule has 2 nitrogen and oxygen atoms in total. The molecule has 0 aliphatic carbocycles. The Morgan fingerprint density at radius 1 is 1.19 bits per heavy atom. The number of benzene rings is 1. The van der Waals surface area contributed by atoms with Crippen LogP contribution < -0.4 is 5.32 Å². The third-order valence-corrected chi connectivity index (χ3v) is 3.03. The van der Waals surface area contributed by atoms with E-state index in [-0.39, 0.29) is 0 Å². The number of ether oxygens (including phenoxy) is 1. The minimum absolute atomic E-state index is 0.726. The van der Waals surface area contributed by atoms with Crippen molar-refractivity contribution < 1.29 is 4.74 Å². The third-order valence-electron chi connectivity index (χ3n) is 2.67. The average Bonchev–Trinajstić information content (AvgIpc) is 2.25. The zero-order chi connectivity index (χ0) is 12.0. The Labute approximate surface area is 103 Å². The first-order valence-electron chi connectivity index (χ1n) is 5.63. The van der Waals surface area contributed by atoms with Crippen molar-refractivity contribution in [3.05, 3.63) is 33.8 Å². The zero-order valence-electron chi connectivity index (χ0n) is 10.3. The smallest absolute Gasteiger partial charge is 0.0590 e. The van der Waals surface area contributed by atoms with Gasteiger partial charge >= 0.3 is 0 Å². The number of hydrogen-bond donors (Lipinski definition) is 1. The Morgan fingerprint density at radius 2 is 1.88 bits per heavy atom. The second-order valence-electron chi connectivity index (χ2n) is 3.99. The summed E-state index contributed by atoms with van der Waals surface area (Å²) >= 11 is 6.17. The molecule has 1 N–H and O–H groups in total. The van der Waals surface area contributed by atoms with E-state index in [1.54, 1.807) is 0 Å². The molecule has 0 saturated heterocycles. The molecule has 1 aromatic rings. The molecule has 1 aromatic carbocycles. The number of nitrogens with one attached hydrogen (secondary N) is 1. The van der Waals surface area contributed by atoms with E-state index in [1.165, 1.54) is 16.7 Å². The van der Waals surface area contributed by atoms with Crippen LogP contribution in [0.5, 0.6) is 0 Å². The Balaban J connectivity index is 2.45. The van der Waals surface area contributed by atoms with Crippen LogP contribution >= 0.6 is 11.6 Å². The van der Waals surface area contributed by atoms with Gasteiger partial charge in [-0.05, 0) is 50.1 Å². The van der Waals surface area contributed by atoms with Gasteiger partial charge in [0.1, 0.15) is 0 Å². The summed E-state index contributed by atoms with van der Waals surface area (Å²) in [6, 6.07) is 4.18. The number of aryl methyl sites for hydroxylation is 2. The topological polar surface area (TPSA) is 21.3 Å². The molecule has 0 spiro atoms. The Bertz CT molecular complexity index is 339. The standard InChI is InChI=1S/C13H20ClNO/c1-10-8-12(13(14)9-11(10)2)4-6-16-7-5-15-3/h8-9,15H,4-7H2,1-3H3. The van der Waals surface area contributed by atoms with Crippen molar-refractivity contribution in [2.75, 3.05) is 26.8 Å². The Morgan fingerprint density at radius 3 is 2.56 bits per heavy atom. The van der Waals surface area contributed by atoms with E-state index in [4.69, 9.17) is 16.3 Å². The normalized spacial score (nSPS) is 10.8. The molecule has 0 heterocycles. The molecule has 0 aliphatic rings. The van der Waals surface area contributed by atoms with Crippen molar-refractivity contribution in [2.24, 2.45) is 0 Å². The molecule has 90 valence electrons. The van der Waals surface area contributed by atoms with Crippen LogP contribution in [-0.2, 0) is 11.2 Å². The average molecular weight is 242 g/mol. The second-order valence-corrected chi connectivity index (χ2v) is 4.40. The minimum atomic E-state index is 0.726. The SMILES string of the molecule is CNCCOCCc1cc(C)c(C)cc1Cl. The molecule has 16 heavy (non-hydrogen) atoms. The predicted octanol–water partition coefficient (Wildman–Crippen LogP) is 2.74. The number of likely N-dealkylation sites (N-methyl/N-ethyl adjacent to an activating group) is 1. The van der Waals surface area contributed by atoms with Crippen molar-refractivity contribution in [3.63, 3.8) is 0 Å². The predicted molar refractivity (Wildman–Crippen MR) is 69.4 cm³/mol. The van der Waals surface area contributed by atoms with Crippen LogP contribution in [0.2, 0.25) is 5.02 Å². The van der Waals surface area contributed by atoms with Gasteiger partial charge in [0.05, 0.1) is 13.2 Å². The summed E-state index contributed by atoms with van der Waals surface area (Å²) in [6.45, 7) is 6.55. The first kappa shape index (κ1) is 13.5. The third kappa shape index (κ3) is 4.12. The molecule has 0 aromatic heterocycles. The summed E-state index contributed by atoms with van der Waals surface area (Å²) in [5.41, 5.74) is 3.70. The van der Waals surface area contributed by atoms with Crippen LogP contribution in [0, 0.1) is 13.8 Å². The summed E-state index contributed by atoms with van der Waals surface area (Å²) in [5.74, 6) is 0. The lowest BCUT2D eigenvalue weighted by Gasteiger charge is -2.09. The van der Waals surface area contributed by atoms with Gasteiger partial charge in [-0.3, -0.25) is 0 Å². The zero-order valence-corrected chi connectivity index (χ0v) is 11.0. The summed E-state index contributed by atoms with van der Waals surface area (Å²) in [4.78, 5) is 0. The van der Waals surface area contributed by atoms with Crippen LogP contribution in [0.15, 0.2) is 12.1 Å². The van der Waals surface area contributed by atoms with Gasteiger partial charge in [-0.25, -0.2) is 0 Å². The molecule has 0 aliphatic heterocycles. The molecule has 0 atom stereocenters. The fraction of sp³-hybridized carbons (Fsp3) is 0.538. The summed E-state index contributed by atoms with van der Waals surface area (Å²) < 4.78 is 5.48. The molecule has 0 bridgehead atoms. The summed E-state index contributed by atoms with van der Waals surface area (Å²) in [7, 11) is 1.92. The van der Waals surface area contributed by atoms with Crippen molar-refractivity contribution in [3.8, 4) is 0 Å². The molecule has 0 unspecified atom stereocenters. The number of halogens is 1. The Hall–Kier alpha value is -0.570. The van der Waals surface area contributed by atoms with Gasteiger partial charge < -0.3 is 10.1 Å². The molecular weight excluding hydrogens is 222 g/mol. The number of hydrogen-bond acceptors (Lipinski definition) is 2. The maximum absolute atomic E-state index is 6.17. The van der Waals surface area contributed by atoms with E-state index in [0.29, 0.717) is 0 Å². The van der Waals surface area contributed by atoms with Gasteiger partial charge in [0.15, 0.2) is 0 Å². The maximum atomic E-state index is 6.17. The van der Waals surface area contributed by atoms with Gasteiger partial charge in [0, 0.05) is 11.6 Å². The Kier molecular flexibility index (Phi) is 5.81. The lowest BCUT2D eigenvalue weighted by Crippen LogP contribution is -2.15. The van der Waals surface area contributed by atoms with Gasteiger partial charge in [-0.15, -0.1) is 0 Å². The van der Waals surface area contributed by atoms with Crippen molar-refractivity contribution in [1.29, 1.82) is 0 Å². The van der Waals surface area contributed by atoms with Crippen molar-refractivity contribution >= 4 is 11.6 Å². The van der Waals surface area contributed by atoms with Gasteiger partial charge in [0.2, 0.25) is 0 Å². The fourth-order valence-electron chi connectivity index (χ4n) is 1.49. The van der Waals surface area contributed by atoms with Gasteiger partial charge in [-0.2, -0.15) is 0 Å². The first-order valence-corrected chi connectivity index (χ1v) is 6.01. The van der Waals surface area contributed by atoms with E-state index in [2.05, 4.69) is 25.2 Å². The van der Waals surface area contributed by atoms with Gasteiger partial charge in [0.25, 0.3) is 0 Å². The monoisotopic (exact) mass is 241 g/mol. The molecule has 1 rings (SSSR count). The maximum Gasteiger partial charge on any atom is 0.0590 e. The highest BCUT2D eigenvalue weighted by Gasteiger charge is 2.03. The minimum Gasteiger partial charge on any atom is -0.380 e. The van der Waals surface area contributed by atoms with E-state index >= 15 is 0 Å². The highest BCUT2D eigenvalue weighted by atomic mass is 35.5. The van der Waals surface area contributed by atoms with E-state index < -0.39 is 0 Å². The number of rotatable bonds is 6. The fourth-order valence-corrected chi connectivity index (χ4v) is 1.80. The molecule has 0 radical (unpaired) electrons. The highest BCUT2D eigenvalue weighted by Crippen LogP contribution is 2.21. The first-order chi connectivity index (χ1) is 7.65. The summed E-state index contributed by atoms with van der Waals surface area (Å²) in [5, 5.41) is 3.89. The van der Waals surface area contributed by atoms with Crippen molar-refractivity contribution in [2.45, 2.75) is 20.3 Å². The van der Waals surface area contributed by atoms with Crippen LogP contribution in [-0.4, -0.2) is 26.8 Å². The molecule has 0 saturated carbocycles. The lowest BCUT2D eigenvalue weighted by molar-refractivity contribution is 0.140. The largest absolute Gasteiger partial charge is 0.380 e. The van der Waals surface area contributed by atoms with E-state index in [9.17, 15) is 0 Å². The molecule has 0 fully saturated rings. The van der Waals surface area contributed by atoms with Crippen LogP contribution in [0.1, 0.15) is 16.7 Å². The lowest BCUT2D eigenvalue weighted by atomic mass is 10.0. The van der Waals surface area contributed by atoms with Crippen molar-refractivity contribution in [1.82, 2.24) is 5.32 Å². The molecule has 3 heteroatoms. The van der Waals surface area contributed by atoms with E-state index in [1.807, 2.05) is 13.1 Å². The summed E-state index contributed by atoms with van der Waals surface area (Å²) in [6.07, 6.45) is 0.879. The quantitative estimate of drug-likeness (QED) is 0.774. The van der Waals surface area contributed by atoms with Gasteiger partial charge in [-0.1, -0.05) is 17.7 Å². The molecular formula is C13H20ClNO. The van der Waals surface area contributed by atoms with Crippen LogP contribution in [0.25, 0.3) is 0 Å². The van der Waals surface area contributed by atoms with E-state index in [0.717, 1.165) is 31.2 Å². The molecule has 0 amide bonds.